The molecule has 1 N–H and O–H groups in total. The van der Waals surface area contributed by atoms with Gasteiger partial charge in [0.25, 0.3) is 5.91 Å². The number of hydrogen-bond acceptors (Lipinski definition) is 5. The summed E-state index contributed by atoms with van der Waals surface area (Å²) < 4.78 is 10.9. The number of fused-ring (bicyclic) bond motifs is 1. The molecule has 0 saturated heterocycles. The van der Waals surface area contributed by atoms with Crippen molar-refractivity contribution in [3.63, 3.8) is 0 Å². The van der Waals surface area contributed by atoms with Crippen molar-refractivity contribution >= 4 is 17.7 Å². The van der Waals surface area contributed by atoms with Crippen LogP contribution in [0.15, 0.2) is 36.4 Å². The number of carbonyl (C=O) groups is 2. The van der Waals surface area contributed by atoms with Gasteiger partial charge in [-0.1, -0.05) is 32.9 Å². The molecule has 1 aliphatic rings. The molecule has 0 spiro atoms. The highest BCUT2D eigenvalue weighted by atomic mass is 16.6. The summed E-state index contributed by atoms with van der Waals surface area (Å²) in [7, 11) is 1.59. The number of nitriles is 1. The van der Waals surface area contributed by atoms with Crippen LogP contribution in [0.1, 0.15) is 69.8 Å². The lowest BCUT2D eigenvalue weighted by Crippen LogP contribution is -2.47. The Morgan fingerprint density at radius 1 is 1.09 bits per heavy atom. The summed E-state index contributed by atoms with van der Waals surface area (Å²) >= 11 is 0. The number of ether oxygens (including phenoxy) is 2. The first-order valence-corrected chi connectivity index (χ1v) is 11.4. The van der Waals surface area contributed by atoms with E-state index in [0.717, 1.165) is 16.7 Å². The van der Waals surface area contributed by atoms with Crippen LogP contribution in [-0.2, 0) is 21.4 Å². The third-order valence-electron chi connectivity index (χ3n) is 5.67. The number of methoxy groups -OCH3 is 1. The Balaban J connectivity index is 1.98. The molecule has 1 unspecified atom stereocenters. The number of hydrogen-bond donors (Lipinski definition) is 1. The first-order valence-electron chi connectivity index (χ1n) is 11.4. The van der Waals surface area contributed by atoms with Crippen LogP contribution in [0.4, 0.5) is 10.5 Å². The second-order valence-electron chi connectivity index (χ2n) is 10.5. The Hall–Kier alpha value is -3.53. The summed E-state index contributed by atoms with van der Waals surface area (Å²) in [5, 5.41) is 12.6. The average molecular weight is 464 g/mol. The lowest BCUT2D eigenvalue weighted by atomic mass is 9.84. The fourth-order valence-electron chi connectivity index (χ4n) is 4.11. The summed E-state index contributed by atoms with van der Waals surface area (Å²) in [6.45, 7) is 11.8. The topological polar surface area (TPSA) is 91.7 Å². The minimum absolute atomic E-state index is 0.206. The zero-order chi connectivity index (χ0) is 25.3. The van der Waals surface area contributed by atoms with Crippen LogP contribution in [0.2, 0.25) is 0 Å². The average Bonchev–Trinajstić information content (AvgIpc) is 2.75. The van der Waals surface area contributed by atoms with Gasteiger partial charge in [0.1, 0.15) is 17.4 Å². The van der Waals surface area contributed by atoms with Gasteiger partial charge < -0.3 is 14.8 Å². The highest BCUT2D eigenvalue weighted by molar-refractivity contribution is 5.98. The van der Waals surface area contributed by atoms with Crippen molar-refractivity contribution in [2.24, 2.45) is 0 Å². The van der Waals surface area contributed by atoms with Crippen LogP contribution < -0.4 is 10.1 Å². The van der Waals surface area contributed by atoms with Crippen LogP contribution in [0.25, 0.3) is 0 Å². The number of amides is 2. The number of carbonyl (C=O) groups excluding carboxylic acids is 2. The van der Waals surface area contributed by atoms with Crippen LogP contribution in [0.5, 0.6) is 5.75 Å². The van der Waals surface area contributed by atoms with E-state index in [1.54, 1.807) is 46.1 Å². The molecule has 3 rings (SSSR count). The van der Waals surface area contributed by atoms with E-state index in [9.17, 15) is 14.9 Å². The Kier molecular flexibility index (Phi) is 6.92. The van der Waals surface area contributed by atoms with E-state index in [0.29, 0.717) is 30.0 Å². The largest absolute Gasteiger partial charge is 0.497 e. The molecular formula is C27H33N3O4. The number of nitrogens with one attached hydrogen (secondary N) is 1. The van der Waals surface area contributed by atoms with E-state index < -0.39 is 17.7 Å². The van der Waals surface area contributed by atoms with E-state index in [1.165, 1.54) is 4.90 Å². The Labute approximate surface area is 201 Å². The van der Waals surface area contributed by atoms with Crippen molar-refractivity contribution in [1.82, 2.24) is 4.90 Å². The third-order valence-corrected chi connectivity index (χ3v) is 5.67. The predicted molar refractivity (Wildman–Crippen MR) is 131 cm³/mol. The van der Waals surface area contributed by atoms with Gasteiger partial charge >= 0.3 is 6.09 Å². The van der Waals surface area contributed by atoms with Crippen LogP contribution in [-0.4, -0.2) is 36.2 Å². The molecule has 0 radical (unpaired) electrons. The van der Waals surface area contributed by atoms with Gasteiger partial charge in [0.15, 0.2) is 0 Å². The van der Waals surface area contributed by atoms with Crippen molar-refractivity contribution in [3.05, 3.63) is 58.7 Å². The molecule has 0 fully saturated rings. The van der Waals surface area contributed by atoms with Gasteiger partial charge in [0, 0.05) is 12.2 Å². The maximum absolute atomic E-state index is 13.6. The third kappa shape index (κ3) is 5.51. The normalized spacial score (nSPS) is 15.7. The maximum atomic E-state index is 13.6. The minimum atomic E-state index is -0.877. The SMILES string of the molecule is COc1ccc2c(c1)CCN(C(=O)OC(C)(C)C)C2C(=O)Nc1ccc(C(C)(C)C)c(C#N)c1. The van der Waals surface area contributed by atoms with E-state index in [2.05, 4.69) is 11.4 Å². The Bertz CT molecular complexity index is 1140. The fourth-order valence-corrected chi connectivity index (χ4v) is 4.11. The second kappa shape index (κ2) is 9.38. The standard InChI is InChI=1S/C27H33N3O4/c1-26(2,3)22-11-8-19(14-18(22)16-28)29-24(31)23-21-10-9-20(33-7)15-17(21)12-13-30(23)25(32)34-27(4,5)6/h8-11,14-15,23H,12-13H2,1-7H3,(H,29,31). The van der Waals surface area contributed by atoms with Gasteiger partial charge in [-0.05, 0) is 73.6 Å². The lowest BCUT2D eigenvalue weighted by Gasteiger charge is -2.37. The van der Waals surface area contributed by atoms with Crippen LogP contribution >= 0.6 is 0 Å². The molecule has 7 heteroatoms. The zero-order valence-electron chi connectivity index (χ0n) is 21.0. The Morgan fingerprint density at radius 2 is 1.79 bits per heavy atom. The van der Waals surface area contributed by atoms with Crippen molar-refractivity contribution in [1.29, 1.82) is 5.26 Å². The molecule has 0 bridgehead atoms. The van der Waals surface area contributed by atoms with E-state index in [1.807, 2.05) is 39.0 Å². The summed E-state index contributed by atoms with van der Waals surface area (Å²) in [5.74, 6) is 0.324. The highest BCUT2D eigenvalue weighted by Crippen LogP contribution is 2.35. The summed E-state index contributed by atoms with van der Waals surface area (Å²) in [5.41, 5.74) is 2.67. The van der Waals surface area contributed by atoms with Gasteiger partial charge in [-0.25, -0.2) is 4.79 Å². The first-order chi connectivity index (χ1) is 15.8. The monoisotopic (exact) mass is 463 g/mol. The molecule has 180 valence electrons. The molecule has 2 amide bonds. The number of benzene rings is 2. The second-order valence-corrected chi connectivity index (χ2v) is 10.5. The maximum Gasteiger partial charge on any atom is 0.411 e. The van der Waals surface area contributed by atoms with E-state index in [4.69, 9.17) is 9.47 Å². The molecule has 2 aromatic carbocycles. The predicted octanol–water partition coefficient (Wildman–Crippen LogP) is 5.34. The number of anilines is 1. The molecule has 34 heavy (non-hydrogen) atoms. The summed E-state index contributed by atoms with van der Waals surface area (Å²) in [4.78, 5) is 28.1. The van der Waals surface area contributed by atoms with Crippen molar-refractivity contribution in [3.8, 4) is 11.8 Å². The molecule has 1 aliphatic heterocycles. The van der Waals surface area contributed by atoms with Gasteiger partial charge in [0.05, 0.1) is 18.7 Å². The van der Waals surface area contributed by atoms with E-state index in [-0.39, 0.29) is 11.3 Å². The lowest BCUT2D eigenvalue weighted by molar-refractivity contribution is -0.121. The minimum Gasteiger partial charge on any atom is -0.497 e. The van der Waals surface area contributed by atoms with Crippen LogP contribution in [0.3, 0.4) is 0 Å². The molecular weight excluding hydrogens is 430 g/mol. The van der Waals surface area contributed by atoms with Gasteiger partial charge in [-0.15, -0.1) is 0 Å². The van der Waals surface area contributed by atoms with Gasteiger partial charge in [0.2, 0.25) is 0 Å². The molecule has 1 atom stereocenters. The van der Waals surface area contributed by atoms with Crippen LogP contribution in [0, 0.1) is 11.3 Å². The zero-order valence-corrected chi connectivity index (χ0v) is 21.0. The molecule has 7 nitrogen and oxygen atoms in total. The van der Waals surface area contributed by atoms with Gasteiger partial charge in [-0.3, -0.25) is 9.69 Å². The van der Waals surface area contributed by atoms with Gasteiger partial charge in [-0.2, -0.15) is 5.26 Å². The quantitative estimate of drug-likeness (QED) is 0.664. The van der Waals surface area contributed by atoms with Crippen molar-refractivity contribution in [2.75, 3.05) is 19.0 Å². The highest BCUT2D eigenvalue weighted by Gasteiger charge is 2.38. The summed E-state index contributed by atoms with van der Waals surface area (Å²) in [6.07, 6.45) is 0.0314. The molecule has 1 heterocycles. The van der Waals surface area contributed by atoms with Crippen molar-refractivity contribution < 1.29 is 19.1 Å². The molecule has 0 aliphatic carbocycles. The number of rotatable bonds is 3. The first kappa shape index (κ1) is 25.1. The molecule has 2 aromatic rings. The Morgan fingerprint density at radius 3 is 2.38 bits per heavy atom. The molecule has 0 saturated carbocycles. The number of nitrogens with zero attached hydrogens (tertiary/aromatic N) is 2. The smallest absolute Gasteiger partial charge is 0.411 e. The van der Waals surface area contributed by atoms with E-state index >= 15 is 0 Å². The van der Waals surface area contributed by atoms with Crippen molar-refractivity contribution in [2.45, 2.75) is 65.0 Å². The molecule has 0 aromatic heterocycles. The summed E-state index contributed by atoms with van der Waals surface area (Å²) in [6, 6.07) is 12.2. The fraction of sp³-hybridized carbons (Fsp3) is 0.444.